The second-order valence-corrected chi connectivity index (χ2v) is 8.30. The maximum Gasteiger partial charge on any atom is 0.127 e. The quantitative estimate of drug-likeness (QED) is 0.510. The molecular weight excluding hydrogens is 432 g/mol. The zero-order valence-corrected chi connectivity index (χ0v) is 16.9. The lowest BCUT2D eigenvalue weighted by atomic mass is 9.94. The summed E-state index contributed by atoms with van der Waals surface area (Å²) in [5, 5.41) is 18.7. The lowest BCUT2D eigenvalue weighted by molar-refractivity contribution is 0.413. The topological polar surface area (TPSA) is 44.6 Å². The van der Waals surface area contributed by atoms with Crippen LogP contribution < -0.4 is 5.32 Å². The first-order valence-electron chi connectivity index (χ1n) is 8.19. The van der Waals surface area contributed by atoms with Crippen LogP contribution in [0.2, 0.25) is 5.02 Å². The van der Waals surface area contributed by atoms with Gasteiger partial charge in [0.15, 0.2) is 0 Å². The summed E-state index contributed by atoms with van der Waals surface area (Å²) in [6.45, 7) is 0. The minimum Gasteiger partial charge on any atom is -0.508 e. The Kier molecular flexibility index (Phi) is 5.14. The third kappa shape index (κ3) is 3.71. The Morgan fingerprint density at radius 1 is 1.15 bits per heavy atom. The van der Waals surface area contributed by atoms with Gasteiger partial charge in [0.1, 0.15) is 11.9 Å². The number of aliphatic imine (C=N–C) groups is 1. The number of hydrogen-bond donors (Lipinski definition) is 2. The van der Waals surface area contributed by atoms with E-state index in [2.05, 4.69) is 44.8 Å². The van der Waals surface area contributed by atoms with Gasteiger partial charge in [-0.1, -0.05) is 39.7 Å². The number of nitrogens with one attached hydrogen (secondary N) is 1. The summed E-state index contributed by atoms with van der Waals surface area (Å²) in [6, 6.07) is 15.3. The smallest absolute Gasteiger partial charge is 0.127 e. The van der Waals surface area contributed by atoms with Gasteiger partial charge in [0.25, 0.3) is 0 Å². The van der Waals surface area contributed by atoms with E-state index in [-0.39, 0.29) is 18.0 Å². The Morgan fingerprint density at radius 2 is 1.96 bits per heavy atom. The third-order valence-corrected chi connectivity index (χ3v) is 5.91. The van der Waals surface area contributed by atoms with E-state index in [9.17, 15) is 5.11 Å². The zero-order chi connectivity index (χ0) is 18.1. The van der Waals surface area contributed by atoms with Crippen LogP contribution in [0.1, 0.15) is 35.3 Å². The average Bonchev–Trinajstić information content (AvgIpc) is 3.19. The fraction of sp³-hybridized carbons (Fsp3) is 0.150. The number of hydrogen-bond acceptors (Lipinski definition) is 4. The van der Waals surface area contributed by atoms with Gasteiger partial charge in [0.05, 0.1) is 0 Å². The molecule has 0 saturated carbocycles. The molecule has 2 atom stereocenters. The van der Waals surface area contributed by atoms with Crippen LogP contribution in [-0.2, 0) is 0 Å². The molecule has 6 heteroatoms. The summed E-state index contributed by atoms with van der Waals surface area (Å²) in [4.78, 5) is 4.93. The summed E-state index contributed by atoms with van der Waals surface area (Å²) in [7, 11) is 0. The molecule has 132 valence electrons. The molecule has 26 heavy (non-hydrogen) atoms. The van der Waals surface area contributed by atoms with E-state index in [1.807, 2.05) is 23.6 Å². The van der Waals surface area contributed by atoms with Gasteiger partial charge in [-0.15, -0.1) is 0 Å². The number of phenols is 1. The van der Waals surface area contributed by atoms with Crippen LogP contribution in [0.5, 0.6) is 5.75 Å². The molecule has 2 heterocycles. The highest BCUT2D eigenvalue weighted by atomic mass is 79.9. The zero-order valence-electron chi connectivity index (χ0n) is 13.7. The van der Waals surface area contributed by atoms with Gasteiger partial charge in [-0.25, -0.2) is 0 Å². The molecule has 0 amide bonds. The summed E-state index contributed by atoms with van der Waals surface area (Å²) in [5.41, 5.74) is 4.01. The third-order valence-electron chi connectivity index (χ3n) is 4.44. The molecule has 0 radical (unpaired) electrons. The van der Waals surface area contributed by atoms with E-state index in [1.165, 1.54) is 0 Å². The molecule has 2 aromatic carbocycles. The van der Waals surface area contributed by atoms with Crippen molar-refractivity contribution in [2.45, 2.75) is 18.6 Å². The van der Waals surface area contributed by atoms with Crippen LogP contribution in [0.15, 0.2) is 68.8 Å². The largest absolute Gasteiger partial charge is 0.508 e. The molecule has 2 N–H and O–H groups in total. The Balaban J connectivity index is 1.75. The highest BCUT2D eigenvalue weighted by molar-refractivity contribution is 9.10. The first-order chi connectivity index (χ1) is 12.6. The fourth-order valence-corrected chi connectivity index (χ4v) is 4.25. The first kappa shape index (κ1) is 17.7. The lowest BCUT2D eigenvalue weighted by Gasteiger charge is -2.30. The number of rotatable bonds is 3. The van der Waals surface area contributed by atoms with Crippen LogP contribution in [0.3, 0.4) is 0 Å². The van der Waals surface area contributed by atoms with Gasteiger partial charge < -0.3 is 5.11 Å². The minimum absolute atomic E-state index is 0.0743. The molecule has 1 aliphatic heterocycles. The maximum absolute atomic E-state index is 10.4. The molecule has 3 nitrogen and oxygen atoms in total. The monoisotopic (exact) mass is 446 g/mol. The fourth-order valence-electron chi connectivity index (χ4n) is 3.13. The summed E-state index contributed by atoms with van der Waals surface area (Å²) >= 11 is 11.3. The first-order valence-corrected chi connectivity index (χ1v) is 10.3. The SMILES string of the molecule is Oc1ccc(Cl)cc1[C@H]1CC(c2ccc(Br)cc2)=N[C@@H](c2ccsc2)N1. The van der Waals surface area contributed by atoms with Gasteiger partial charge in [-0.3, -0.25) is 10.3 Å². The van der Waals surface area contributed by atoms with E-state index in [0.717, 1.165) is 26.9 Å². The predicted molar refractivity (Wildman–Crippen MR) is 111 cm³/mol. The molecule has 0 fully saturated rings. The van der Waals surface area contributed by atoms with Crippen molar-refractivity contribution in [2.24, 2.45) is 4.99 Å². The number of phenolic OH excluding ortho intramolecular Hbond substituents is 1. The van der Waals surface area contributed by atoms with Crippen molar-refractivity contribution in [1.82, 2.24) is 5.32 Å². The molecule has 3 aromatic rings. The highest BCUT2D eigenvalue weighted by Crippen LogP contribution is 2.36. The molecule has 0 bridgehead atoms. The van der Waals surface area contributed by atoms with Crippen LogP contribution in [0.4, 0.5) is 0 Å². The summed E-state index contributed by atoms with van der Waals surface area (Å²) in [6.07, 6.45) is 0.521. The highest BCUT2D eigenvalue weighted by Gasteiger charge is 2.28. The van der Waals surface area contributed by atoms with Crippen molar-refractivity contribution in [2.75, 3.05) is 0 Å². The Labute approximate surface area is 169 Å². The van der Waals surface area contributed by atoms with Crippen molar-refractivity contribution < 1.29 is 5.11 Å². The second-order valence-electron chi connectivity index (χ2n) is 6.17. The normalized spacial score (nSPS) is 20.0. The van der Waals surface area contributed by atoms with Gasteiger partial charge >= 0.3 is 0 Å². The van der Waals surface area contributed by atoms with Gasteiger partial charge in [-0.2, -0.15) is 11.3 Å². The lowest BCUT2D eigenvalue weighted by Crippen LogP contribution is -2.32. The molecule has 0 aliphatic carbocycles. The van der Waals surface area contributed by atoms with Gasteiger partial charge in [-0.05, 0) is 52.7 Å². The number of halogens is 2. The number of nitrogens with zero attached hydrogens (tertiary/aromatic N) is 1. The van der Waals surface area contributed by atoms with E-state index in [4.69, 9.17) is 16.6 Å². The number of benzene rings is 2. The Hall–Kier alpha value is -1.66. The van der Waals surface area contributed by atoms with Gasteiger partial charge in [0, 0.05) is 38.8 Å². The summed E-state index contributed by atoms with van der Waals surface area (Å²) < 4.78 is 1.04. The van der Waals surface area contributed by atoms with E-state index < -0.39 is 0 Å². The van der Waals surface area contributed by atoms with Crippen molar-refractivity contribution in [1.29, 1.82) is 0 Å². The van der Waals surface area contributed by atoms with Crippen LogP contribution in [-0.4, -0.2) is 10.8 Å². The van der Waals surface area contributed by atoms with Crippen LogP contribution in [0.25, 0.3) is 0 Å². The molecular formula is C20H16BrClN2OS. The minimum atomic E-state index is -0.156. The average molecular weight is 448 g/mol. The van der Waals surface area contributed by atoms with Crippen molar-refractivity contribution in [3.8, 4) is 5.75 Å². The van der Waals surface area contributed by atoms with E-state index in [0.29, 0.717) is 11.4 Å². The van der Waals surface area contributed by atoms with E-state index >= 15 is 0 Å². The Morgan fingerprint density at radius 3 is 2.69 bits per heavy atom. The maximum atomic E-state index is 10.4. The van der Waals surface area contributed by atoms with Crippen LogP contribution in [0, 0.1) is 0 Å². The molecule has 1 aliphatic rings. The molecule has 0 saturated heterocycles. The van der Waals surface area contributed by atoms with Crippen molar-refractivity contribution in [3.05, 3.63) is 85.5 Å². The van der Waals surface area contributed by atoms with Crippen LogP contribution >= 0.6 is 38.9 Å². The van der Waals surface area contributed by atoms with Crippen molar-refractivity contribution in [3.63, 3.8) is 0 Å². The Bertz CT molecular complexity index is 941. The molecule has 4 rings (SSSR count). The van der Waals surface area contributed by atoms with Crippen molar-refractivity contribution >= 4 is 44.6 Å². The van der Waals surface area contributed by atoms with E-state index in [1.54, 1.807) is 23.5 Å². The number of aromatic hydroxyl groups is 1. The van der Waals surface area contributed by atoms with Gasteiger partial charge in [0.2, 0.25) is 0 Å². The standard InChI is InChI=1S/C20H16BrClN2OS/c21-14-3-1-12(2-4-14)17-10-18(16-9-15(22)5-6-19(16)25)24-20(23-17)13-7-8-26-11-13/h1-9,11,18,20,24-25H,10H2/t18-,20-/m1/s1. The number of thiophene rings is 1. The molecule has 0 unspecified atom stereocenters. The summed E-state index contributed by atoms with van der Waals surface area (Å²) in [5.74, 6) is 0.244. The second kappa shape index (κ2) is 7.53. The molecule has 1 aromatic heterocycles. The molecule has 0 spiro atoms. The predicted octanol–water partition coefficient (Wildman–Crippen LogP) is 6.09.